The molecule has 0 amide bonds. The van der Waals surface area contributed by atoms with E-state index >= 15 is 0 Å². The van der Waals surface area contributed by atoms with Crippen LogP contribution in [0, 0.1) is 21.8 Å². The maximum Gasteiger partial charge on any atom is 0.315 e. The number of aromatic amines is 1. The molecule has 9 nitrogen and oxygen atoms in total. The van der Waals surface area contributed by atoms with Crippen LogP contribution in [-0.4, -0.2) is 33.1 Å². The third-order valence-corrected chi connectivity index (χ3v) is 4.89. The monoisotopic (exact) mass is 441 g/mol. The molecule has 0 radical (unpaired) electrons. The van der Waals surface area contributed by atoms with Crippen molar-refractivity contribution in [3.63, 3.8) is 0 Å². The van der Waals surface area contributed by atoms with Crippen LogP contribution in [0.2, 0.25) is 0 Å². The first-order valence-corrected chi connectivity index (χ1v) is 9.98. The number of aromatic nitrogens is 3. The minimum absolute atomic E-state index is 0.0655. The molecule has 2 aromatic carbocycles. The van der Waals surface area contributed by atoms with Crippen molar-refractivity contribution in [1.82, 2.24) is 14.9 Å². The lowest BCUT2D eigenvalue weighted by molar-refractivity contribution is -0.386. The number of hydrogen-bond acceptors (Lipinski definition) is 7. The second-order valence-corrected chi connectivity index (χ2v) is 7.53. The Balaban J connectivity index is 1.97. The molecule has 0 aliphatic carbocycles. The second kappa shape index (κ2) is 9.52. The van der Waals surface area contributed by atoms with E-state index in [0.717, 1.165) is 11.1 Å². The smallest absolute Gasteiger partial charge is 0.315 e. The number of nitro benzene ring substituents is 1. The van der Waals surface area contributed by atoms with Gasteiger partial charge in [0.05, 0.1) is 18.2 Å². The molecule has 0 saturated carbocycles. The summed E-state index contributed by atoms with van der Waals surface area (Å²) < 4.78 is 13.0. The number of benzene rings is 2. The SMILES string of the molecule is COc1cc(/C=N\n2c(C(C)C)n[nH]c2=S)cc([N+](=O)[O-])c1OCc1ccccc1C. The summed E-state index contributed by atoms with van der Waals surface area (Å²) in [4.78, 5) is 11.2. The van der Waals surface area contributed by atoms with Crippen molar-refractivity contribution in [2.45, 2.75) is 33.3 Å². The lowest BCUT2D eigenvalue weighted by Gasteiger charge is -2.13. The standard InChI is InChI=1S/C21H23N5O4S/c1-13(2)20-23-24-21(31)25(20)22-11-15-9-17(26(27)28)19(18(10-15)29-4)30-12-16-8-6-5-7-14(16)3/h5-11,13H,12H2,1-4H3,(H,24,31)/b22-11-. The van der Waals surface area contributed by atoms with Gasteiger partial charge in [-0.25, -0.2) is 0 Å². The molecule has 0 unspecified atom stereocenters. The molecule has 1 aromatic heterocycles. The molecule has 0 atom stereocenters. The lowest BCUT2D eigenvalue weighted by Crippen LogP contribution is -2.04. The molecule has 1 heterocycles. The number of nitrogens with zero attached hydrogens (tertiary/aromatic N) is 4. The summed E-state index contributed by atoms with van der Waals surface area (Å²) in [5.74, 6) is 1.05. The molecule has 31 heavy (non-hydrogen) atoms. The average Bonchev–Trinajstić information content (AvgIpc) is 3.12. The van der Waals surface area contributed by atoms with Gasteiger partial charge in [0.15, 0.2) is 11.6 Å². The molecule has 1 N–H and O–H groups in total. The molecule has 10 heteroatoms. The Bertz CT molecular complexity index is 1180. The van der Waals surface area contributed by atoms with Gasteiger partial charge in [-0.1, -0.05) is 38.1 Å². The summed E-state index contributed by atoms with van der Waals surface area (Å²) in [6.07, 6.45) is 1.47. The fourth-order valence-corrected chi connectivity index (χ4v) is 3.14. The molecule has 3 aromatic rings. The largest absolute Gasteiger partial charge is 0.493 e. The minimum atomic E-state index is -0.504. The zero-order chi connectivity index (χ0) is 22.5. The number of aryl methyl sites for hydroxylation is 1. The highest BCUT2D eigenvalue weighted by atomic mass is 32.1. The molecule has 162 valence electrons. The molecule has 0 aliphatic rings. The van der Waals surface area contributed by atoms with Gasteiger partial charge in [0, 0.05) is 17.5 Å². The van der Waals surface area contributed by atoms with E-state index in [2.05, 4.69) is 15.3 Å². The number of methoxy groups -OCH3 is 1. The van der Waals surface area contributed by atoms with Crippen LogP contribution in [0.3, 0.4) is 0 Å². The molecular weight excluding hydrogens is 418 g/mol. The first-order chi connectivity index (χ1) is 14.8. The quantitative estimate of drug-likeness (QED) is 0.234. The van der Waals surface area contributed by atoms with E-state index < -0.39 is 4.92 Å². The number of hydrogen-bond donors (Lipinski definition) is 1. The zero-order valence-electron chi connectivity index (χ0n) is 17.7. The predicted molar refractivity (Wildman–Crippen MR) is 120 cm³/mol. The lowest BCUT2D eigenvalue weighted by atomic mass is 10.1. The molecule has 0 fully saturated rings. The molecule has 0 aliphatic heterocycles. The fraction of sp³-hybridized carbons (Fsp3) is 0.286. The number of nitro groups is 1. The fourth-order valence-electron chi connectivity index (χ4n) is 2.95. The Kier molecular flexibility index (Phi) is 6.81. The van der Waals surface area contributed by atoms with Crippen LogP contribution < -0.4 is 9.47 Å². The van der Waals surface area contributed by atoms with E-state index in [0.29, 0.717) is 16.2 Å². The van der Waals surface area contributed by atoms with Crippen LogP contribution in [0.15, 0.2) is 41.5 Å². The van der Waals surface area contributed by atoms with Gasteiger partial charge in [0.25, 0.3) is 0 Å². The summed E-state index contributed by atoms with van der Waals surface area (Å²) in [7, 11) is 1.43. The van der Waals surface area contributed by atoms with Crippen molar-refractivity contribution in [2.24, 2.45) is 5.10 Å². The van der Waals surface area contributed by atoms with Crippen molar-refractivity contribution in [1.29, 1.82) is 0 Å². The van der Waals surface area contributed by atoms with Crippen LogP contribution in [0.4, 0.5) is 5.69 Å². The Labute approximate surface area is 184 Å². The summed E-state index contributed by atoms with van der Waals surface area (Å²) in [6, 6.07) is 10.7. The highest BCUT2D eigenvalue weighted by Crippen LogP contribution is 2.38. The zero-order valence-corrected chi connectivity index (χ0v) is 18.5. The predicted octanol–water partition coefficient (Wildman–Crippen LogP) is 4.75. The van der Waals surface area contributed by atoms with Crippen molar-refractivity contribution >= 4 is 24.1 Å². The van der Waals surface area contributed by atoms with Gasteiger partial charge in [-0.3, -0.25) is 15.2 Å². The van der Waals surface area contributed by atoms with Gasteiger partial charge in [-0.15, -0.1) is 0 Å². The van der Waals surface area contributed by atoms with Crippen LogP contribution in [0.5, 0.6) is 11.5 Å². The van der Waals surface area contributed by atoms with E-state index in [1.807, 2.05) is 45.0 Å². The van der Waals surface area contributed by atoms with E-state index in [9.17, 15) is 10.1 Å². The first kappa shape index (κ1) is 22.2. The molecule has 0 saturated heterocycles. The minimum Gasteiger partial charge on any atom is -0.493 e. The Morgan fingerprint density at radius 1 is 1.35 bits per heavy atom. The van der Waals surface area contributed by atoms with Crippen LogP contribution in [0.1, 0.15) is 42.3 Å². The van der Waals surface area contributed by atoms with Gasteiger partial charge >= 0.3 is 5.69 Å². The maximum atomic E-state index is 11.7. The van der Waals surface area contributed by atoms with Crippen molar-refractivity contribution in [3.05, 3.63) is 73.8 Å². The van der Waals surface area contributed by atoms with Gasteiger partial charge < -0.3 is 9.47 Å². The third-order valence-electron chi connectivity index (χ3n) is 4.62. The van der Waals surface area contributed by atoms with Crippen LogP contribution >= 0.6 is 12.2 Å². The van der Waals surface area contributed by atoms with E-state index in [4.69, 9.17) is 21.7 Å². The summed E-state index contributed by atoms with van der Waals surface area (Å²) >= 11 is 5.21. The summed E-state index contributed by atoms with van der Waals surface area (Å²) in [5, 5.41) is 22.9. The number of nitrogens with one attached hydrogen (secondary N) is 1. The normalized spacial score (nSPS) is 11.3. The number of ether oxygens (including phenoxy) is 2. The van der Waals surface area contributed by atoms with E-state index in [1.54, 1.807) is 6.07 Å². The van der Waals surface area contributed by atoms with Gasteiger partial charge in [-0.2, -0.15) is 14.9 Å². The van der Waals surface area contributed by atoms with Gasteiger partial charge in [-0.05, 0) is 36.3 Å². The molecule has 0 spiro atoms. The first-order valence-electron chi connectivity index (χ1n) is 9.57. The van der Waals surface area contributed by atoms with Crippen molar-refractivity contribution in [3.8, 4) is 11.5 Å². The van der Waals surface area contributed by atoms with Gasteiger partial charge in [0.2, 0.25) is 10.5 Å². The Hall–Kier alpha value is -3.53. The van der Waals surface area contributed by atoms with Crippen molar-refractivity contribution in [2.75, 3.05) is 7.11 Å². The molecule has 0 bridgehead atoms. The van der Waals surface area contributed by atoms with E-state index in [-0.39, 0.29) is 29.7 Å². The summed E-state index contributed by atoms with van der Waals surface area (Å²) in [5.41, 5.74) is 2.21. The molecule has 3 rings (SSSR count). The van der Waals surface area contributed by atoms with Crippen molar-refractivity contribution < 1.29 is 14.4 Å². The second-order valence-electron chi connectivity index (χ2n) is 7.14. The van der Waals surface area contributed by atoms with Gasteiger partial charge in [0.1, 0.15) is 6.61 Å². The Morgan fingerprint density at radius 2 is 2.10 bits per heavy atom. The van der Waals surface area contributed by atoms with E-state index in [1.165, 1.54) is 24.1 Å². The number of rotatable bonds is 8. The average molecular weight is 442 g/mol. The maximum absolute atomic E-state index is 11.7. The highest BCUT2D eigenvalue weighted by Gasteiger charge is 2.22. The third kappa shape index (κ3) is 4.97. The van der Waals surface area contributed by atoms with Crippen LogP contribution in [-0.2, 0) is 6.61 Å². The highest BCUT2D eigenvalue weighted by molar-refractivity contribution is 7.71. The molecular formula is C21H23N5O4S. The topological polar surface area (TPSA) is 108 Å². The Morgan fingerprint density at radius 3 is 2.74 bits per heavy atom. The van der Waals surface area contributed by atoms with Crippen LogP contribution in [0.25, 0.3) is 0 Å². The number of H-pyrrole nitrogens is 1. The summed E-state index contributed by atoms with van der Waals surface area (Å²) in [6.45, 7) is 6.06.